The Morgan fingerprint density at radius 3 is 2.75 bits per heavy atom. The van der Waals surface area contributed by atoms with Gasteiger partial charge in [-0.05, 0) is 63.1 Å². The SMILES string of the molecule is CNC1CCC(NCC(=O)O)(c2ccc3cnc(Nc4ccc(-n5cccn5)cc4F)cc3n2)CC1. The Hall–Kier alpha value is -3.89. The van der Waals surface area contributed by atoms with Crippen LogP contribution in [0.5, 0.6) is 0 Å². The summed E-state index contributed by atoms with van der Waals surface area (Å²) in [5.74, 6) is -0.865. The number of fused-ring (bicyclic) bond motifs is 1. The molecule has 5 rings (SSSR count). The highest BCUT2D eigenvalue weighted by Crippen LogP contribution is 2.37. The van der Waals surface area contributed by atoms with Crippen LogP contribution in [0.4, 0.5) is 15.9 Å². The lowest BCUT2D eigenvalue weighted by atomic mass is 9.76. The van der Waals surface area contributed by atoms with Gasteiger partial charge in [0.05, 0.1) is 34.7 Å². The molecule has 9 nitrogen and oxygen atoms in total. The molecule has 1 aliphatic carbocycles. The number of aliphatic carboxylic acids is 1. The van der Waals surface area contributed by atoms with Crippen molar-refractivity contribution in [3.8, 4) is 5.69 Å². The molecule has 3 aromatic heterocycles. The van der Waals surface area contributed by atoms with E-state index in [1.807, 2.05) is 19.2 Å². The fourth-order valence-corrected chi connectivity index (χ4v) is 4.83. The molecule has 3 heterocycles. The van der Waals surface area contributed by atoms with Crippen molar-refractivity contribution in [1.29, 1.82) is 0 Å². The molecule has 4 aromatic rings. The Morgan fingerprint density at radius 1 is 1.22 bits per heavy atom. The number of rotatable bonds is 8. The summed E-state index contributed by atoms with van der Waals surface area (Å²) < 4.78 is 16.4. The van der Waals surface area contributed by atoms with Gasteiger partial charge in [0.15, 0.2) is 0 Å². The summed E-state index contributed by atoms with van der Waals surface area (Å²) in [6.45, 7) is -0.138. The van der Waals surface area contributed by atoms with Crippen LogP contribution < -0.4 is 16.0 Å². The number of nitrogens with one attached hydrogen (secondary N) is 3. The fourth-order valence-electron chi connectivity index (χ4n) is 4.83. The van der Waals surface area contributed by atoms with Gasteiger partial charge in [-0.3, -0.25) is 15.1 Å². The van der Waals surface area contributed by atoms with E-state index in [4.69, 9.17) is 4.98 Å². The van der Waals surface area contributed by atoms with Gasteiger partial charge in [-0.25, -0.2) is 14.1 Å². The molecular weight excluding hydrogens is 461 g/mol. The molecule has 10 heteroatoms. The summed E-state index contributed by atoms with van der Waals surface area (Å²) in [6.07, 6.45) is 8.46. The van der Waals surface area contributed by atoms with Crippen LogP contribution in [0.25, 0.3) is 16.6 Å². The number of hydrogen-bond acceptors (Lipinski definition) is 7. The third-order valence-electron chi connectivity index (χ3n) is 6.87. The van der Waals surface area contributed by atoms with Crippen molar-refractivity contribution in [3.63, 3.8) is 0 Å². The van der Waals surface area contributed by atoms with Crippen LogP contribution in [0, 0.1) is 5.82 Å². The second kappa shape index (κ2) is 10.00. The minimum absolute atomic E-state index is 0.138. The quantitative estimate of drug-likeness (QED) is 0.296. The molecule has 1 aromatic carbocycles. The first-order chi connectivity index (χ1) is 17.5. The van der Waals surface area contributed by atoms with E-state index < -0.39 is 17.3 Å². The highest BCUT2D eigenvalue weighted by molar-refractivity contribution is 5.81. The van der Waals surface area contributed by atoms with Crippen LogP contribution in [0.1, 0.15) is 31.4 Å². The van der Waals surface area contributed by atoms with Crippen LogP contribution in [-0.4, -0.2) is 50.5 Å². The summed E-state index contributed by atoms with van der Waals surface area (Å²) in [5.41, 5.74) is 1.89. The minimum atomic E-state index is -0.901. The molecule has 1 fully saturated rings. The highest BCUT2D eigenvalue weighted by Gasteiger charge is 2.38. The summed E-state index contributed by atoms with van der Waals surface area (Å²) in [5, 5.41) is 23.9. The Kier molecular flexibility index (Phi) is 6.62. The van der Waals surface area contributed by atoms with Gasteiger partial charge in [0, 0.05) is 42.2 Å². The van der Waals surface area contributed by atoms with Crippen molar-refractivity contribution in [3.05, 3.63) is 72.6 Å². The number of pyridine rings is 2. The Bertz CT molecular complexity index is 1370. The van der Waals surface area contributed by atoms with E-state index >= 15 is 0 Å². The van der Waals surface area contributed by atoms with E-state index in [0.29, 0.717) is 28.8 Å². The summed E-state index contributed by atoms with van der Waals surface area (Å²) in [4.78, 5) is 20.7. The predicted octanol–water partition coefficient (Wildman–Crippen LogP) is 3.73. The number of anilines is 2. The first kappa shape index (κ1) is 23.8. The molecule has 0 atom stereocenters. The van der Waals surface area contributed by atoms with E-state index in [0.717, 1.165) is 36.8 Å². The summed E-state index contributed by atoms with van der Waals surface area (Å²) in [7, 11) is 1.95. The Labute approximate surface area is 207 Å². The van der Waals surface area contributed by atoms with Crippen molar-refractivity contribution >= 4 is 28.4 Å². The monoisotopic (exact) mass is 489 g/mol. The second-order valence-electron chi connectivity index (χ2n) is 9.09. The third-order valence-corrected chi connectivity index (χ3v) is 6.87. The lowest BCUT2D eigenvalue weighted by Crippen LogP contribution is -2.50. The molecule has 4 N–H and O–H groups in total. The molecule has 0 aliphatic heterocycles. The topological polar surface area (TPSA) is 117 Å². The number of nitrogens with zero attached hydrogens (tertiary/aromatic N) is 4. The zero-order chi connectivity index (χ0) is 25.1. The van der Waals surface area contributed by atoms with Gasteiger partial charge in [-0.15, -0.1) is 0 Å². The lowest BCUT2D eigenvalue weighted by molar-refractivity contribution is -0.136. The van der Waals surface area contributed by atoms with Crippen LogP contribution in [0.3, 0.4) is 0 Å². The number of benzene rings is 1. The van der Waals surface area contributed by atoms with E-state index in [1.54, 1.807) is 47.5 Å². The van der Waals surface area contributed by atoms with E-state index in [9.17, 15) is 14.3 Å². The van der Waals surface area contributed by atoms with Crippen molar-refractivity contribution in [2.75, 3.05) is 18.9 Å². The van der Waals surface area contributed by atoms with Crippen LogP contribution in [0.2, 0.25) is 0 Å². The molecular formula is C26H28FN7O2. The maximum atomic E-state index is 14.8. The number of halogens is 1. The van der Waals surface area contributed by atoms with Gasteiger partial charge in [-0.1, -0.05) is 0 Å². The number of hydrogen-bond donors (Lipinski definition) is 4. The Morgan fingerprint density at radius 2 is 2.06 bits per heavy atom. The van der Waals surface area contributed by atoms with Gasteiger partial charge < -0.3 is 15.7 Å². The molecule has 0 radical (unpaired) electrons. The summed E-state index contributed by atoms with van der Waals surface area (Å²) in [6, 6.07) is 12.7. The normalized spacial score (nSPS) is 19.9. The van der Waals surface area contributed by atoms with Crippen molar-refractivity contribution < 1.29 is 14.3 Å². The molecule has 186 valence electrons. The van der Waals surface area contributed by atoms with Gasteiger partial charge >= 0.3 is 5.97 Å². The van der Waals surface area contributed by atoms with Crippen molar-refractivity contribution in [2.24, 2.45) is 0 Å². The van der Waals surface area contributed by atoms with Gasteiger partial charge in [-0.2, -0.15) is 5.10 Å². The molecule has 0 amide bonds. The molecule has 0 saturated heterocycles. The number of carbonyl (C=O) groups is 1. The Balaban J connectivity index is 1.42. The first-order valence-corrected chi connectivity index (χ1v) is 11.9. The molecule has 1 saturated carbocycles. The predicted molar refractivity (Wildman–Crippen MR) is 135 cm³/mol. The fraction of sp³-hybridized carbons (Fsp3) is 0.308. The van der Waals surface area contributed by atoms with Gasteiger partial charge in [0.2, 0.25) is 0 Å². The molecule has 36 heavy (non-hydrogen) atoms. The van der Waals surface area contributed by atoms with E-state index in [2.05, 4.69) is 26.0 Å². The standard InChI is InChI=1S/C26H28FN7O2/c1-28-18-7-9-26(10-8-18,30-16-25(35)36)23-6-3-17-15-29-24(14-22(17)32-23)33-21-5-4-19(13-20(21)27)34-12-2-11-31-34/h2-6,11-15,18,28,30H,7-10,16H2,1H3,(H,29,33)(H,35,36). The number of carboxylic acids is 1. The van der Waals surface area contributed by atoms with Crippen molar-refractivity contribution in [2.45, 2.75) is 37.3 Å². The third kappa shape index (κ3) is 4.91. The smallest absolute Gasteiger partial charge is 0.317 e. The van der Waals surface area contributed by atoms with Crippen LogP contribution >= 0.6 is 0 Å². The van der Waals surface area contributed by atoms with E-state index in [-0.39, 0.29) is 6.54 Å². The number of carboxylic acid groups (broad SMARTS) is 1. The van der Waals surface area contributed by atoms with Crippen LogP contribution in [-0.2, 0) is 10.3 Å². The highest BCUT2D eigenvalue weighted by atomic mass is 19.1. The average Bonchev–Trinajstić information content (AvgIpc) is 3.44. The molecule has 1 aliphatic rings. The average molecular weight is 490 g/mol. The first-order valence-electron chi connectivity index (χ1n) is 11.9. The molecule has 0 unspecified atom stereocenters. The molecule has 0 spiro atoms. The summed E-state index contributed by atoms with van der Waals surface area (Å²) >= 11 is 0. The molecule has 0 bridgehead atoms. The van der Waals surface area contributed by atoms with Crippen molar-refractivity contribution in [1.82, 2.24) is 30.4 Å². The lowest BCUT2D eigenvalue weighted by Gasteiger charge is -2.40. The maximum Gasteiger partial charge on any atom is 0.317 e. The number of aromatic nitrogens is 4. The van der Waals surface area contributed by atoms with Crippen LogP contribution in [0.15, 0.2) is 61.1 Å². The van der Waals surface area contributed by atoms with Gasteiger partial charge in [0.25, 0.3) is 0 Å². The largest absolute Gasteiger partial charge is 0.480 e. The second-order valence-corrected chi connectivity index (χ2v) is 9.09. The zero-order valence-corrected chi connectivity index (χ0v) is 19.9. The minimum Gasteiger partial charge on any atom is -0.480 e. The van der Waals surface area contributed by atoms with Gasteiger partial charge in [0.1, 0.15) is 11.6 Å². The zero-order valence-electron chi connectivity index (χ0n) is 19.9. The maximum absolute atomic E-state index is 14.8. The van der Waals surface area contributed by atoms with E-state index in [1.165, 1.54) is 6.07 Å².